The molecule has 5 heteroatoms. The molecule has 0 saturated heterocycles. The molecule has 0 unspecified atom stereocenters. The Balaban J connectivity index is 2.59. The van der Waals surface area contributed by atoms with Gasteiger partial charge in [0, 0.05) is 12.1 Å². The quantitative estimate of drug-likeness (QED) is 0.924. The monoisotopic (exact) mass is 323 g/mol. The van der Waals surface area contributed by atoms with Gasteiger partial charge in [0.05, 0.1) is 10.2 Å². The maximum atomic E-state index is 13.4. The molecule has 1 N–H and O–H groups in total. The van der Waals surface area contributed by atoms with E-state index in [-0.39, 0.29) is 5.82 Å². The summed E-state index contributed by atoms with van der Waals surface area (Å²) in [5.74, 6) is 0.983. The first-order chi connectivity index (χ1) is 9.02. The highest BCUT2D eigenvalue weighted by Crippen LogP contribution is 2.28. The van der Waals surface area contributed by atoms with E-state index in [1.54, 1.807) is 6.07 Å². The number of rotatable bonds is 3. The van der Waals surface area contributed by atoms with Crippen LogP contribution < -0.4 is 5.32 Å². The van der Waals surface area contributed by atoms with E-state index in [0.29, 0.717) is 5.82 Å². The van der Waals surface area contributed by atoms with Crippen molar-refractivity contribution in [3.05, 3.63) is 39.7 Å². The first-order valence-electron chi connectivity index (χ1n) is 6.07. The summed E-state index contributed by atoms with van der Waals surface area (Å²) in [7, 11) is 0. The summed E-state index contributed by atoms with van der Waals surface area (Å²) >= 11 is 3.46. The second-order valence-corrected chi connectivity index (χ2v) is 5.08. The SMILES string of the molecule is CCNc1nc(-c2cc(F)ccc2C)nc(C)c1Br. The standard InChI is InChI=1S/C14H15BrFN3/c1-4-17-14-12(15)9(3)18-13(19-14)11-7-10(16)6-5-8(11)2/h5-7H,4H2,1-3H3,(H,17,18,19). The number of benzene rings is 1. The fourth-order valence-electron chi connectivity index (χ4n) is 1.80. The molecular formula is C14H15BrFN3. The van der Waals surface area contributed by atoms with E-state index >= 15 is 0 Å². The van der Waals surface area contributed by atoms with Gasteiger partial charge in [0.25, 0.3) is 0 Å². The molecule has 0 spiro atoms. The van der Waals surface area contributed by atoms with E-state index in [9.17, 15) is 4.39 Å². The molecule has 0 amide bonds. The second kappa shape index (κ2) is 5.65. The predicted molar refractivity (Wildman–Crippen MR) is 78.8 cm³/mol. The highest BCUT2D eigenvalue weighted by Gasteiger charge is 2.12. The molecule has 3 nitrogen and oxygen atoms in total. The van der Waals surface area contributed by atoms with Crippen LogP contribution in [0, 0.1) is 19.7 Å². The van der Waals surface area contributed by atoms with Crippen molar-refractivity contribution in [2.75, 3.05) is 11.9 Å². The van der Waals surface area contributed by atoms with Crippen LogP contribution in [0.2, 0.25) is 0 Å². The molecule has 0 aliphatic rings. The largest absolute Gasteiger partial charge is 0.369 e. The van der Waals surface area contributed by atoms with Gasteiger partial charge in [0.2, 0.25) is 0 Å². The molecular weight excluding hydrogens is 309 g/mol. The van der Waals surface area contributed by atoms with Crippen LogP contribution in [0.5, 0.6) is 0 Å². The normalized spacial score (nSPS) is 10.6. The van der Waals surface area contributed by atoms with E-state index in [1.807, 2.05) is 20.8 Å². The fraction of sp³-hybridized carbons (Fsp3) is 0.286. The number of nitrogens with one attached hydrogen (secondary N) is 1. The lowest BCUT2D eigenvalue weighted by Crippen LogP contribution is -2.05. The Kier molecular flexibility index (Phi) is 4.14. The second-order valence-electron chi connectivity index (χ2n) is 4.28. The van der Waals surface area contributed by atoms with Crippen molar-refractivity contribution in [2.45, 2.75) is 20.8 Å². The van der Waals surface area contributed by atoms with Crippen molar-refractivity contribution in [3.63, 3.8) is 0 Å². The minimum atomic E-state index is -0.283. The molecule has 2 rings (SSSR count). The van der Waals surface area contributed by atoms with Crippen LogP contribution in [0.15, 0.2) is 22.7 Å². The molecule has 1 aromatic heterocycles. The van der Waals surface area contributed by atoms with Crippen LogP contribution in [0.4, 0.5) is 10.2 Å². The minimum absolute atomic E-state index is 0.283. The van der Waals surface area contributed by atoms with E-state index in [2.05, 4.69) is 31.2 Å². The van der Waals surface area contributed by atoms with Crippen molar-refractivity contribution < 1.29 is 4.39 Å². The summed E-state index contributed by atoms with van der Waals surface area (Å²) < 4.78 is 14.2. The first kappa shape index (κ1) is 13.9. The highest BCUT2D eigenvalue weighted by molar-refractivity contribution is 9.10. The Bertz CT molecular complexity index is 614. The van der Waals surface area contributed by atoms with Gasteiger partial charge in [-0.3, -0.25) is 0 Å². The van der Waals surface area contributed by atoms with Crippen molar-refractivity contribution >= 4 is 21.7 Å². The highest BCUT2D eigenvalue weighted by atomic mass is 79.9. The van der Waals surface area contributed by atoms with Crippen LogP contribution in [0.3, 0.4) is 0 Å². The van der Waals surface area contributed by atoms with Gasteiger partial charge in [0.15, 0.2) is 5.82 Å². The summed E-state index contributed by atoms with van der Waals surface area (Å²) in [6.45, 7) is 6.57. The predicted octanol–water partition coefficient (Wildman–Crippen LogP) is 4.09. The van der Waals surface area contributed by atoms with Crippen LogP contribution >= 0.6 is 15.9 Å². The number of hydrogen-bond acceptors (Lipinski definition) is 3. The third-order valence-corrected chi connectivity index (χ3v) is 3.75. The third kappa shape index (κ3) is 2.92. The molecule has 19 heavy (non-hydrogen) atoms. The van der Waals surface area contributed by atoms with Crippen LogP contribution in [0.25, 0.3) is 11.4 Å². The third-order valence-electron chi connectivity index (χ3n) is 2.80. The average Bonchev–Trinajstić information content (AvgIpc) is 2.38. The van der Waals surface area contributed by atoms with Crippen molar-refractivity contribution in [2.24, 2.45) is 0 Å². The Morgan fingerprint density at radius 2 is 2.00 bits per heavy atom. The zero-order valence-corrected chi connectivity index (χ0v) is 12.7. The smallest absolute Gasteiger partial charge is 0.162 e. The van der Waals surface area contributed by atoms with Gasteiger partial charge >= 0.3 is 0 Å². The summed E-state index contributed by atoms with van der Waals surface area (Å²) in [4.78, 5) is 8.88. The molecule has 0 saturated carbocycles. The molecule has 0 fully saturated rings. The van der Waals surface area contributed by atoms with Gasteiger partial charge in [-0.25, -0.2) is 14.4 Å². The first-order valence-corrected chi connectivity index (χ1v) is 6.86. The Morgan fingerprint density at radius 1 is 1.26 bits per heavy atom. The summed E-state index contributed by atoms with van der Waals surface area (Å²) in [6, 6.07) is 4.64. The fourth-order valence-corrected chi connectivity index (χ4v) is 2.12. The summed E-state index contributed by atoms with van der Waals surface area (Å²) in [6.07, 6.45) is 0. The zero-order valence-electron chi connectivity index (χ0n) is 11.1. The number of aryl methyl sites for hydroxylation is 2. The van der Waals surface area contributed by atoms with Gasteiger partial charge in [-0.15, -0.1) is 0 Å². The number of aromatic nitrogens is 2. The summed E-state index contributed by atoms with van der Waals surface area (Å²) in [5.41, 5.74) is 2.49. The van der Waals surface area contributed by atoms with Gasteiger partial charge in [0.1, 0.15) is 11.6 Å². The topological polar surface area (TPSA) is 37.8 Å². The summed E-state index contributed by atoms with van der Waals surface area (Å²) in [5, 5.41) is 3.17. The molecule has 0 radical (unpaired) electrons. The Morgan fingerprint density at radius 3 is 2.68 bits per heavy atom. The molecule has 1 heterocycles. The lowest BCUT2D eigenvalue weighted by Gasteiger charge is -2.11. The van der Waals surface area contributed by atoms with Crippen molar-refractivity contribution in [1.82, 2.24) is 9.97 Å². The maximum absolute atomic E-state index is 13.4. The Hall–Kier alpha value is -1.49. The molecule has 0 atom stereocenters. The van der Waals surface area contributed by atoms with E-state index in [0.717, 1.165) is 33.7 Å². The Labute approximate surface area is 120 Å². The lowest BCUT2D eigenvalue weighted by atomic mass is 10.1. The number of halogens is 2. The number of anilines is 1. The number of nitrogens with zero attached hydrogens (tertiary/aromatic N) is 2. The van der Waals surface area contributed by atoms with Gasteiger partial charge in [-0.2, -0.15) is 0 Å². The van der Waals surface area contributed by atoms with Crippen molar-refractivity contribution in [3.8, 4) is 11.4 Å². The van der Waals surface area contributed by atoms with Crippen LogP contribution in [-0.2, 0) is 0 Å². The number of hydrogen-bond donors (Lipinski definition) is 1. The van der Waals surface area contributed by atoms with Crippen LogP contribution in [0.1, 0.15) is 18.2 Å². The van der Waals surface area contributed by atoms with Gasteiger partial charge in [-0.05, 0) is 54.4 Å². The molecule has 2 aromatic rings. The zero-order chi connectivity index (χ0) is 14.0. The molecule has 1 aromatic carbocycles. The molecule has 100 valence electrons. The van der Waals surface area contributed by atoms with E-state index in [4.69, 9.17) is 0 Å². The molecule has 0 bridgehead atoms. The minimum Gasteiger partial charge on any atom is -0.369 e. The lowest BCUT2D eigenvalue weighted by molar-refractivity contribution is 0.627. The average molecular weight is 324 g/mol. The maximum Gasteiger partial charge on any atom is 0.162 e. The molecule has 0 aliphatic carbocycles. The van der Waals surface area contributed by atoms with Gasteiger partial charge < -0.3 is 5.32 Å². The van der Waals surface area contributed by atoms with E-state index in [1.165, 1.54) is 12.1 Å². The molecule has 0 aliphatic heterocycles. The van der Waals surface area contributed by atoms with Crippen molar-refractivity contribution in [1.29, 1.82) is 0 Å². The van der Waals surface area contributed by atoms with Crippen LogP contribution in [-0.4, -0.2) is 16.5 Å². The van der Waals surface area contributed by atoms with Gasteiger partial charge in [-0.1, -0.05) is 6.07 Å². The van der Waals surface area contributed by atoms with E-state index < -0.39 is 0 Å².